The normalized spacial score (nSPS) is 19.1. The number of allylic oxidation sites excluding steroid dienone is 5. The number of methoxy groups -OCH3 is 4. The summed E-state index contributed by atoms with van der Waals surface area (Å²) in [5.74, 6) is 2.53. The lowest BCUT2D eigenvalue weighted by Crippen LogP contribution is -2.31. The van der Waals surface area contributed by atoms with Crippen LogP contribution in [0.3, 0.4) is 0 Å². The molecule has 9 heteroatoms. The molecule has 2 heterocycles. The smallest absolute Gasteiger partial charge is 0.106 e. The number of benzene rings is 3. The third kappa shape index (κ3) is 9.31. The van der Waals surface area contributed by atoms with Gasteiger partial charge < -0.3 is 40.1 Å². The quantitative estimate of drug-likeness (QED) is 0.130. The highest BCUT2D eigenvalue weighted by Gasteiger charge is 2.48. The van der Waals surface area contributed by atoms with Crippen LogP contribution in [0.4, 0.5) is 0 Å². The van der Waals surface area contributed by atoms with Crippen LogP contribution >= 0.6 is 11.8 Å². The van der Waals surface area contributed by atoms with Gasteiger partial charge in [0.05, 0.1) is 17.1 Å². The summed E-state index contributed by atoms with van der Waals surface area (Å²) in [6, 6.07) is 16.8. The third-order valence-electron chi connectivity index (χ3n) is 14.4. The summed E-state index contributed by atoms with van der Waals surface area (Å²) in [7, 11) is 7.24. The molecule has 3 aromatic rings. The Kier molecular flexibility index (Phi) is 16.9. The van der Waals surface area contributed by atoms with Crippen molar-refractivity contribution in [2.75, 3.05) is 60.6 Å². The van der Waals surface area contributed by atoms with Gasteiger partial charge in [-0.2, -0.15) is 11.8 Å². The molecule has 66 heavy (non-hydrogen) atoms. The first-order chi connectivity index (χ1) is 32.0. The van der Waals surface area contributed by atoms with Crippen molar-refractivity contribution in [2.45, 2.75) is 97.2 Å². The van der Waals surface area contributed by atoms with Crippen molar-refractivity contribution in [3.63, 3.8) is 0 Å². The highest BCUT2D eigenvalue weighted by Crippen LogP contribution is 2.59. The van der Waals surface area contributed by atoms with Gasteiger partial charge in [-0.1, -0.05) is 71.9 Å². The molecule has 2 aliphatic heterocycles. The standard InChI is InChI=1S/C54H67N3O4S.C2H6.CH2O/c1-10-62-33-35-11-13-39-43-28-36-15-21-56-50(41(36)31-47(43)53(17-23-58-6,18-24-59-7)45(39)27-35)34(2)49(55)51-42-32-48-44(29-37(42)16-22-57-51)40-14-12-38(52(3,4)5)30-46(40)54(48,19-25-60-8)20-26-61-9;2*1-2/h11,13-16,21-22,27-32,38,56-57H,10,12,17-20,23-26,33,55H2,1-9H3;1-2H3;1H2/b50-34-,51-49+;;. The molecule has 0 amide bonds. The molecule has 8 rings (SSSR count). The van der Waals surface area contributed by atoms with Gasteiger partial charge in [-0.3, -0.25) is 0 Å². The minimum atomic E-state index is -0.259. The van der Waals surface area contributed by atoms with Crippen molar-refractivity contribution in [2.24, 2.45) is 17.1 Å². The van der Waals surface area contributed by atoms with Crippen LogP contribution < -0.4 is 16.4 Å². The molecule has 1 unspecified atom stereocenters. The van der Waals surface area contributed by atoms with E-state index in [0.717, 1.165) is 77.3 Å². The Morgan fingerprint density at radius 1 is 0.727 bits per heavy atom. The first-order valence-electron chi connectivity index (χ1n) is 23.8. The highest BCUT2D eigenvalue weighted by atomic mass is 32.2. The molecule has 8 nitrogen and oxygen atoms in total. The fourth-order valence-electron chi connectivity index (χ4n) is 10.9. The largest absolute Gasteiger partial charge is 0.397 e. The number of rotatable bonds is 16. The molecule has 3 aliphatic carbocycles. The maximum Gasteiger partial charge on any atom is 0.106 e. The Balaban J connectivity index is 0.00000175. The Morgan fingerprint density at radius 2 is 1.24 bits per heavy atom. The summed E-state index contributed by atoms with van der Waals surface area (Å²) in [6.07, 6.45) is 18.1. The Bertz CT molecular complexity index is 2420. The average molecular weight is 914 g/mol. The Labute approximate surface area is 400 Å². The molecule has 0 spiro atoms. The van der Waals surface area contributed by atoms with E-state index in [9.17, 15) is 0 Å². The second kappa shape index (κ2) is 22.0. The van der Waals surface area contributed by atoms with Crippen LogP contribution in [0.25, 0.3) is 40.2 Å². The van der Waals surface area contributed by atoms with Crippen LogP contribution in [0.15, 0.2) is 83.9 Å². The molecular weight excluding hydrogens is 839 g/mol. The maximum atomic E-state index is 8.00. The molecule has 3 aromatic carbocycles. The maximum absolute atomic E-state index is 8.00. The zero-order chi connectivity index (χ0) is 47.8. The van der Waals surface area contributed by atoms with Crippen LogP contribution in [0, 0.1) is 11.3 Å². The SMILES string of the molecule is C=O.CC.CCSCc1ccc2c(c1)C(CCOC)(CCOC)c1cc3c(cc1-2)C=CN/C3=C(C)\C(N)=C1/NC=Cc2cc3c(cc21)C(CCOC)(CCOC)C1=CC(C(C)(C)C)CC=C13. The number of carbonyl (C=O) groups is 1. The molecule has 0 radical (unpaired) electrons. The second-order valence-electron chi connectivity index (χ2n) is 18.8. The van der Waals surface area contributed by atoms with Gasteiger partial charge in [-0.15, -0.1) is 0 Å². The van der Waals surface area contributed by atoms with Crippen molar-refractivity contribution in [1.29, 1.82) is 0 Å². The number of hydrogen-bond acceptors (Lipinski definition) is 9. The molecule has 0 fully saturated rings. The van der Waals surface area contributed by atoms with Gasteiger partial charge in [0.2, 0.25) is 0 Å². The van der Waals surface area contributed by atoms with E-state index in [1.807, 2.05) is 52.8 Å². The minimum absolute atomic E-state index is 0.150. The molecule has 354 valence electrons. The highest BCUT2D eigenvalue weighted by molar-refractivity contribution is 7.98. The van der Waals surface area contributed by atoms with Gasteiger partial charge in [-0.25, -0.2) is 0 Å². The summed E-state index contributed by atoms with van der Waals surface area (Å²) in [5, 5.41) is 7.31. The van der Waals surface area contributed by atoms with Crippen molar-refractivity contribution in [3.8, 4) is 11.1 Å². The van der Waals surface area contributed by atoms with Gasteiger partial charge >= 0.3 is 0 Å². The van der Waals surface area contributed by atoms with Crippen LogP contribution in [0.2, 0.25) is 0 Å². The fraction of sp³-hybridized carbons (Fsp3) is 0.456. The number of nitrogens with one attached hydrogen (secondary N) is 2. The first-order valence-corrected chi connectivity index (χ1v) is 25.0. The number of ether oxygens (including phenoxy) is 4. The van der Waals surface area contributed by atoms with E-state index in [-0.39, 0.29) is 16.2 Å². The topological polar surface area (TPSA) is 104 Å². The van der Waals surface area contributed by atoms with Crippen molar-refractivity contribution >= 4 is 47.7 Å². The van der Waals surface area contributed by atoms with E-state index >= 15 is 0 Å². The lowest BCUT2D eigenvalue weighted by Gasteiger charge is -2.37. The summed E-state index contributed by atoms with van der Waals surface area (Å²) < 4.78 is 23.3. The zero-order valence-electron chi connectivity index (χ0n) is 41.6. The second-order valence-corrected chi connectivity index (χ2v) is 20.0. The van der Waals surface area contributed by atoms with Gasteiger partial charge in [0.1, 0.15) is 6.79 Å². The number of nitrogens with two attached hydrogens (primary N) is 1. The van der Waals surface area contributed by atoms with Crippen molar-refractivity contribution in [1.82, 2.24) is 10.6 Å². The predicted octanol–water partition coefficient (Wildman–Crippen LogP) is 12.0. The molecule has 0 saturated carbocycles. The monoisotopic (exact) mass is 914 g/mol. The Morgan fingerprint density at radius 3 is 1.80 bits per heavy atom. The van der Waals surface area contributed by atoms with E-state index < -0.39 is 0 Å². The van der Waals surface area contributed by atoms with Gasteiger partial charge in [-0.05, 0) is 159 Å². The zero-order valence-corrected chi connectivity index (χ0v) is 42.4. The Hall–Kier alpha value is -4.64. The summed E-state index contributed by atoms with van der Waals surface area (Å²) in [4.78, 5) is 8.00. The number of thioether (sulfide) groups is 1. The number of fused-ring (bicyclic) bond motifs is 8. The van der Waals surface area contributed by atoms with E-state index in [1.54, 1.807) is 14.2 Å². The summed E-state index contributed by atoms with van der Waals surface area (Å²) >= 11 is 1.96. The van der Waals surface area contributed by atoms with Gasteiger partial charge in [0.25, 0.3) is 0 Å². The lowest BCUT2D eigenvalue weighted by atomic mass is 9.67. The fourth-order valence-corrected chi connectivity index (χ4v) is 11.5. The van der Waals surface area contributed by atoms with E-state index in [0.29, 0.717) is 38.0 Å². The molecule has 0 aromatic heterocycles. The van der Waals surface area contributed by atoms with Crippen LogP contribution in [0.5, 0.6) is 0 Å². The van der Waals surface area contributed by atoms with Crippen molar-refractivity contribution in [3.05, 3.63) is 134 Å². The molecule has 5 aliphatic rings. The van der Waals surface area contributed by atoms with Gasteiger partial charge in [0, 0.05) is 95.0 Å². The van der Waals surface area contributed by atoms with Gasteiger partial charge in [0.15, 0.2) is 0 Å². The molecule has 0 bridgehead atoms. The predicted molar refractivity (Wildman–Crippen MR) is 279 cm³/mol. The average Bonchev–Trinajstić information content (AvgIpc) is 3.76. The molecule has 4 N–H and O–H groups in total. The number of carbonyl (C=O) groups excluding carboxylic acids is 1. The van der Waals surface area contributed by atoms with Crippen molar-refractivity contribution < 1.29 is 23.7 Å². The summed E-state index contributed by atoms with van der Waals surface area (Å²) in [6.45, 7) is 20.1. The molecular formula is C57H75N3O5S. The molecule has 0 saturated heterocycles. The van der Waals surface area contributed by atoms with E-state index in [1.165, 1.54) is 55.7 Å². The third-order valence-corrected chi connectivity index (χ3v) is 15.4. The van der Waals surface area contributed by atoms with E-state index in [2.05, 4.69) is 118 Å². The molecule has 1 atom stereocenters. The van der Waals surface area contributed by atoms with E-state index in [4.69, 9.17) is 29.5 Å². The van der Waals surface area contributed by atoms with Crippen LogP contribution in [-0.4, -0.2) is 67.4 Å². The minimum Gasteiger partial charge on any atom is -0.397 e. The first kappa shape index (κ1) is 50.8. The lowest BCUT2D eigenvalue weighted by molar-refractivity contribution is -0.0980. The van der Waals surface area contributed by atoms with Crippen LogP contribution in [-0.2, 0) is 40.3 Å². The van der Waals surface area contributed by atoms with Crippen LogP contribution in [0.1, 0.15) is 131 Å². The number of hydrogen-bond donors (Lipinski definition) is 3. The summed E-state index contributed by atoms with van der Waals surface area (Å²) in [5.41, 5.74) is 27.5.